The van der Waals surface area contributed by atoms with E-state index in [-0.39, 0.29) is 6.61 Å². The van der Waals surface area contributed by atoms with Crippen LogP contribution in [0, 0.1) is 6.92 Å². The Hall–Kier alpha value is -2.91. The summed E-state index contributed by atoms with van der Waals surface area (Å²) in [6.07, 6.45) is -0.607. The summed E-state index contributed by atoms with van der Waals surface area (Å²) in [5.74, 6) is 1.98. The number of aryl methyl sites for hydroxylation is 1. The maximum absolute atomic E-state index is 10.5. The second-order valence-electron chi connectivity index (χ2n) is 7.94. The standard InChI is InChI=1S/C26H35N3O5/c1-5-33-19-22(30)17-28(14-15-31-3)18-25-20(2)27-29(21-10-7-6-8-11-21)26(25)34-24-13-9-12-23(16-24)32-4/h6-13,16,22,30H,5,14-15,17-19H2,1-4H3/t22-/m1/s1. The van der Waals surface area contributed by atoms with Crippen LogP contribution in [0.25, 0.3) is 5.69 Å². The van der Waals surface area contributed by atoms with Gasteiger partial charge in [0.2, 0.25) is 5.88 Å². The minimum atomic E-state index is -0.607. The normalized spacial score (nSPS) is 12.2. The van der Waals surface area contributed by atoms with Crippen molar-refractivity contribution >= 4 is 0 Å². The van der Waals surface area contributed by atoms with Gasteiger partial charge in [0.05, 0.1) is 43.4 Å². The van der Waals surface area contributed by atoms with E-state index in [9.17, 15) is 5.11 Å². The maximum Gasteiger partial charge on any atom is 0.227 e. The van der Waals surface area contributed by atoms with Gasteiger partial charge in [-0.05, 0) is 38.1 Å². The average Bonchev–Trinajstić information content (AvgIpc) is 3.16. The van der Waals surface area contributed by atoms with Crippen molar-refractivity contribution in [1.82, 2.24) is 14.7 Å². The predicted octanol–water partition coefficient (Wildman–Crippen LogP) is 3.83. The maximum atomic E-state index is 10.5. The molecular weight excluding hydrogens is 434 g/mol. The topological polar surface area (TPSA) is 78.2 Å². The van der Waals surface area contributed by atoms with E-state index in [4.69, 9.17) is 24.0 Å². The number of ether oxygens (including phenoxy) is 4. The molecule has 0 aliphatic carbocycles. The Bertz CT molecular complexity index is 1010. The molecule has 2 aromatic carbocycles. The van der Waals surface area contributed by atoms with Crippen molar-refractivity contribution in [3.8, 4) is 23.1 Å². The molecule has 8 nitrogen and oxygen atoms in total. The third-order valence-corrected chi connectivity index (χ3v) is 5.37. The number of hydrogen-bond acceptors (Lipinski definition) is 7. The first kappa shape index (κ1) is 25.7. The molecule has 1 atom stereocenters. The highest BCUT2D eigenvalue weighted by Crippen LogP contribution is 2.33. The van der Waals surface area contributed by atoms with E-state index in [0.29, 0.717) is 50.2 Å². The van der Waals surface area contributed by atoms with E-state index in [1.165, 1.54) is 0 Å². The van der Waals surface area contributed by atoms with Gasteiger partial charge < -0.3 is 24.1 Å². The fourth-order valence-corrected chi connectivity index (χ4v) is 3.63. The molecule has 0 amide bonds. The van der Waals surface area contributed by atoms with Crippen molar-refractivity contribution in [2.75, 3.05) is 47.1 Å². The summed E-state index contributed by atoms with van der Waals surface area (Å²) in [5.41, 5.74) is 2.68. The second-order valence-corrected chi connectivity index (χ2v) is 7.94. The molecule has 0 unspecified atom stereocenters. The smallest absolute Gasteiger partial charge is 0.227 e. The predicted molar refractivity (Wildman–Crippen MR) is 131 cm³/mol. The largest absolute Gasteiger partial charge is 0.497 e. The fraction of sp³-hybridized carbons (Fsp3) is 0.423. The quantitative estimate of drug-likeness (QED) is 0.384. The van der Waals surface area contributed by atoms with Gasteiger partial charge in [0, 0.05) is 39.4 Å². The Morgan fingerprint density at radius 3 is 2.53 bits per heavy atom. The number of methoxy groups -OCH3 is 2. The molecule has 1 aromatic heterocycles. The van der Waals surface area contributed by atoms with Gasteiger partial charge in [-0.25, -0.2) is 4.68 Å². The number of aliphatic hydroxyl groups excluding tert-OH is 1. The van der Waals surface area contributed by atoms with Crippen LogP contribution in [-0.2, 0) is 16.0 Å². The number of para-hydroxylation sites is 1. The minimum Gasteiger partial charge on any atom is -0.497 e. The van der Waals surface area contributed by atoms with E-state index < -0.39 is 6.10 Å². The van der Waals surface area contributed by atoms with E-state index in [0.717, 1.165) is 16.9 Å². The van der Waals surface area contributed by atoms with Gasteiger partial charge in [-0.2, -0.15) is 5.10 Å². The second kappa shape index (κ2) is 13.1. The molecule has 0 bridgehead atoms. The van der Waals surface area contributed by atoms with Crippen molar-refractivity contribution in [2.24, 2.45) is 0 Å². The molecule has 1 N–H and O–H groups in total. The first-order chi connectivity index (χ1) is 16.5. The van der Waals surface area contributed by atoms with Crippen LogP contribution in [0.15, 0.2) is 54.6 Å². The lowest BCUT2D eigenvalue weighted by atomic mass is 10.2. The van der Waals surface area contributed by atoms with Gasteiger partial charge in [0.1, 0.15) is 11.5 Å². The molecule has 0 saturated heterocycles. The Morgan fingerprint density at radius 1 is 1.06 bits per heavy atom. The molecule has 34 heavy (non-hydrogen) atoms. The molecule has 3 rings (SSSR count). The molecule has 0 fully saturated rings. The zero-order valence-corrected chi connectivity index (χ0v) is 20.4. The Morgan fingerprint density at radius 2 is 1.82 bits per heavy atom. The van der Waals surface area contributed by atoms with Crippen LogP contribution < -0.4 is 9.47 Å². The van der Waals surface area contributed by atoms with Gasteiger partial charge in [-0.15, -0.1) is 0 Å². The van der Waals surface area contributed by atoms with E-state index in [1.807, 2.05) is 73.1 Å². The summed E-state index contributed by atoms with van der Waals surface area (Å²) in [4.78, 5) is 2.13. The average molecular weight is 470 g/mol. The van der Waals surface area contributed by atoms with Crippen LogP contribution >= 0.6 is 0 Å². The molecule has 1 heterocycles. The van der Waals surface area contributed by atoms with Gasteiger partial charge >= 0.3 is 0 Å². The Labute approximate surface area is 201 Å². The third kappa shape index (κ3) is 7.04. The molecule has 0 radical (unpaired) electrons. The highest BCUT2D eigenvalue weighted by molar-refractivity contribution is 5.44. The summed E-state index contributed by atoms with van der Waals surface area (Å²) in [5, 5.41) is 15.3. The van der Waals surface area contributed by atoms with Crippen LogP contribution in [0.5, 0.6) is 17.4 Å². The Balaban J connectivity index is 1.96. The molecule has 3 aromatic rings. The van der Waals surface area contributed by atoms with Crippen molar-refractivity contribution in [3.63, 3.8) is 0 Å². The lowest BCUT2D eigenvalue weighted by Crippen LogP contribution is -2.36. The summed E-state index contributed by atoms with van der Waals surface area (Å²) in [6, 6.07) is 17.4. The third-order valence-electron chi connectivity index (χ3n) is 5.37. The summed E-state index contributed by atoms with van der Waals surface area (Å²) < 4.78 is 24.3. The summed E-state index contributed by atoms with van der Waals surface area (Å²) in [6.45, 7) is 6.90. The molecule has 0 aliphatic rings. The fourth-order valence-electron chi connectivity index (χ4n) is 3.63. The lowest BCUT2D eigenvalue weighted by Gasteiger charge is -2.25. The highest BCUT2D eigenvalue weighted by atomic mass is 16.5. The highest BCUT2D eigenvalue weighted by Gasteiger charge is 2.22. The van der Waals surface area contributed by atoms with Gasteiger partial charge in [-0.1, -0.05) is 24.3 Å². The van der Waals surface area contributed by atoms with Crippen LogP contribution in [-0.4, -0.2) is 73.0 Å². The number of nitrogens with zero attached hydrogens (tertiary/aromatic N) is 3. The Kier molecular flexibility index (Phi) is 9.90. The van der Waals surface area contributed by atoms with Crippen molar-refractivity contribution in [2.45, 2.75) is 26.5 Å². The van der Waals surface area contributed by atoms with Crippen molar-refractivity contribution < 1.29 is 24.1 Å². The number of benzene rings is 2. The SMILES string of the molecule is CCOC[C@H](O)CN(CCOC)Cc1c(C)nn(-c2ccccc2)c1Oc1cccc(OC)c1. The van der Waals surface area contributed by atoms with Gasteiger partial charge in [0.25, 0.3) is 0 Å². The summed E-state index contributed by atoms with van der Waals surface area (Å²) in [7, 11) is 3.30. The molecule has 8 heteroatoms. The zero-order chi connectivity index (χ0) is 24.3. The van der Waals surface area contributed by atoms with E-state index in [2.05, 4.69) is 4.90 Å². The lowest BCUT2D eigenvalue weighted by molar-refractivity contribution is 0.0147. The molecular formula is C26H35N3O5. The number of aromatic nitrogens is 2. The van der Waals surface area contributed by atoms with Crippen molar-refractivity contribution in [3.05, 3.63) is 65.9 Å². The number of hydrogen-bond donors (Lipinski definition) is 1. The zero-order valence-electron chi connectivity index (χ0n) is 20.4. The van der Waals surface area contributed by atoms with Crippen LogP contribution in [0.3, 0.4) is 0 Å². The van der Waals surface area contributed by atoms with Gasteiger partial charge in [-0.3, -0.25) is 4.90 Å². The first-order valence-corrected chi connectivity index (χ1v) is 11.5. The first-order valence-electron chi connectivity index (χ1n) is 11.5. The number of rotatable bonds is 14. The van der Waals surface area contributed by atoms with Crippen molar-refractivity contribution in [1.29, 1.82) is 0 Å². The summed E-state index contributed by atoms with van der Waals surface area (Å²) >= 11 is 0. The van der Waals surface area contributed by atoms with Crippen LogP contribution in [0.4, 0.5) is 0 Å². The van der Waals surface area contributed by atoms with Crippen LogP contribution in [0.1, 0.15) is 18.2 Å². The monoisotopic (exact) mass is 469 g/mol. The number of aliphatic hydroxyl groups is 1. The van der Waals surface area contributed by atoms with E-state index in [1.54, 1.807) is 14.2 Å². The van der Waals surface area contributed by atoms with Crippen LogP contribution in [0.2, 0.25) is 0 Å². The molecule has 0 saturated carbocycles. The molecule has 0 spiro atoms. The van der Waals surface area contributed by atoms with E-state index >= 15 is 0 Å². The molecule has 184 valence electrons. The van der Waals surface area contributed by atoms with Gasteiger partial charge in [0.15, 0.2) is 0 Å². The molecule has 0 aliphatic heterocycles. The minimum absolute atomic E-state index is 0.287.